The predicted octanol–water partition coefficient (Wildman–Crippen LogP) is 1.25. The third-order valence-corrected chi connectivity index (χ3v) is 3.73. The highest BCUT2D eigenvalue weighted by Crippen LogP contribution is 2.29. The van der Waals surface area contributed by atoms with Gasteiger partial charge in [-0.05, 0) is 30.5 Å². The summed E-state index contributed by atoms with van der Waals surface area (Å²) < 4.78 is 5.23. The average Bonchev–Trinajstić information content (AvgIpc) is 3.06. The largest absolute Gasteiger partial charge is 0.478 e. The van der Waals surface area contributed by atoms with Gasteiger partial charge < -0.3 is 15.2 Å². The first kappa shape index (κ1) is 12.9. The number of hydrogen-bond acceptors (Lipinski definition) is 3. The number of fused-ring (bicyclic) bond motifs is 1. The van der Waals surface area contributed by atoms with Gasteiger partial charge in [0, 0.05) is 18.8 Å². The molecule has 1 aromatic carbocycles. The lowest BCUT2D eigenvalue weighted by Gasteiger charge is -2.20. The topological polar surface area (TPSA) is 78.9 Å². The van der Waals surface area contributed by atoms with Crippen molar-refractivity contribution in [3.05, 3.63) is 29.3 Å². The Labute approximate surface area is 116 Å². The number of carboxylic acid groups (broad SMARTS) is 1. The van der Waals surface area contributed by atoms with Crippen LogP contribution in [0.25, 0.3) is 0 Å². The smallest absolute Gasteiger partial charge is 0.335 e. The number of rotatable bonds is 2. The Morgan fingerprint density at radius 1 is 1.40 bits per heavy atom. The number of aromatic carboxylic acids is 1. The van der Waals surface area contributed by atoms with Crippen molar-refractivity contribution < 1.29 is 19.4 Å². The summed E-state index contributed by atoms with van der Waals surface area (Å²) in [5.41, 5.74) is 1.90. The van der Waals surface area contributed by atoms with E-state index < -0.39 is 5.97 Å². The van der Waals surface area contributed by atoms with E-state index in [2.05, 4.69) is 5.32 Å². The fraction of sp³-hybridized carbons (Fsp3) is 0.429. The van der Waals surface area contributed by atoms with Crippen molar-refractivity contribution in [3.8, 4) is 0 Å². The van der Waals surface area contributed by atoms with Gasteiger partial charge in [-0.25, -0.2) is 9.59 Å². The molecule has 2 N–H and O–H groups in total. The zero-order valence-electron chi connectivity index (χ0n) is 11.0. The monoisotopic (exact) mass is 276 g/mol. The summed E-state index contributed by atoms with van der Waals surface area (Å²) in [5, 5.41) is 12.0. The first-order valence-electron chi connectivity index (χ1n) is 6.67. The van der Waals surface area contributed by atoms with Crippen LogP contribution in [0.15, 0.2) is 18.2 Å². The minimum atomic E-state index is -0.982. The first-order valence-corrected chi connectivity index (χ1v) is 6.67. The molecule has 0 aliphatic carbocycles. The fourth-order valence-corrected chi connectivity index (χ4v) is 2.62. The van der Waals surface area contributed by atoms with E-state index in [1.54, 1.807) is 23.1 Å². The Balaban J connectivity index is 1.78. The van der Waals surface area contributed by atoms with Crippen molar-refractivity contribution >= 4 is 17.7 Å². The molecule has 106 valence electrons. The number of carboxylic acids is 1. The van der Waals surface area contributed by atoms with Gasteiger partial charge >= 0.3 is 12.0 Å². The molecule has 0 aromatic heterocycles. The number of carbonyl (C=O) groups is 2. The predicted molar refractivity (Wildman–Crippen MR) is 72.2 cm³/mol. The fourth-order valence-electron chi connectivity index (χ4n) is 2.62. The second kappa shape index (κ2) is 5.13. The van der Waals surface area contributed by atoms with Crippen molar-refractivity contribution in [3.63, 3.8) is 0 Å². The van der Waals surface area contributed by atoms with E-state index in [9.17, 15) is 9.59 Å². The van der Waals surface area contributed by atoms with Gasteiger partial charge in [-0.2, -0.15) is 0 Å². The molecular weight excluding hydrogens is 260 g/mol. The quantitative estimate of drug-likeness (QED) is 0.852. The molecule has 6 nitrogen and oxygen atoms in total. The average molecular weight is 276 g/mol. The van der Waals surface area contributed by atoms with Crippen molar-refractivity contribution in [1.29, 1.82) is 0 Å². The van der Waals surface area contributed by atoms with Gasteiger partial charge in [0.25, 0.3) is 0 Å². The number of anilines is 1. The molecule has 2 aliphatic heterocycles. The number of hydrogen-bond donors (Lipinski definition) is 2. The highest BCUT2D eigenvalue weighted by Gasteiger charge is 2.28. The molecule has 1 unspecified atom stereocenters. The minimum absolute atomic E-state index is 0.0502. The molecule has 0 radical (unpaired) electrons. The number of benzene rings is 1. The van der Waals surface area contributed by atoms with Crippen molar-refractivity contribution in [2.24, 2.45) is 0 Å². The lowest BCUT2D eigenvalue weighted by molar-refractivity contribution is 0.0697. The molecule has 20 heavy (non-hydrogen) atoms. The van der Waals surface area contributed by atoms with E-state index in [0.29, 0.717) is 25.4 Å². The van der Waals surface area contributed by atoms with Gasteiger partial charge in [0.15, 0.2) is 0 Å². The Morgan fingerprint density at radius 2 is 2.25 bits per heavy atom. The number of ether oxygens (including phenoxy) is 1. The van der Waals surface area contributed by atoms with Gasteiger partial charge in [-0.1, -0.05) is 6.07 Å². The zero-order chi connectivity index (χ0) is 14.1. The SMILES string of the molecule is O=C(O)c1ccc2c(c1)N(C(=O)NC1CCOC1)CC2. The van der Waals surface area contributed by atoms with Gasteiger partial charge in [0.2, 0.25) is 0 Å². The minimum Gasteiger partial charge on any atom is -0.478 e. The van der Waals surface area contributed by atoms with Gasteiger partial charge in [0.05, 0.1) is 18.2 Å². The number of carbonyl (C=O) groups excluding carboxylic acids is 1. The summed E-state index contributed by atoms with van der Waals surface area (Å²) in [4.78, 5) is 24.9. The van der Waals surface area contributed by atoms with E-state index in [0.717, 1.165) is 18.4 Å². The second-order valence-corrected chi connectivity index (χ2v) is 5.06. The van der Waals surface area contributed by atoms with Crippen LogP contribution in [0.5, 0.6) is 0 Å². The summed E-state index contributed by atoms with van der Waals surface area (Å²) in [6.07, 6.45) is 1.57. The normalized spacial score (nSPS) is 20.8. The van der Waals surface area contributed by atoms with Crippen LogP contribution in [0.2, 0.25) is 0 Å². The third kappa shape index (κ3) is 2.34. The number of urea groups is 1. The van der Waals surface area contributed by atoms with Crippen LogP contribution in [0.3, 0.4) is 0 Å². The van der Waals surface area contributed by atoms with Gasteiger partial charge in [0.1, 0.15) is 0 Å². The van der Waals surface area contributed by atoms with Crippen LogP contribution >= 0.6 is 0 Å². The summed E-state index contributed by atoms with van der Waals surface area (Å²) in [7, 11) is 0. The molecule has 6 heteroatoms. The van der Waals surface area contributed by atoms with Crippen LogP contribution in [0.1, 0.15) is 22.3 Å². The van der Waals surface area contributed by atoms with Gasteiger partial charge in [-0.3, -0.25) is 4.90 Å². The second-order valence-electron chi connectivity index (χ2n) is 5.06. The Hall–Kier alpha value is -2.08. The summed E-state index contributed by atoms with van der Waals surface area (Å²) in [6.45, 7) is 1.80. The number of amides is 2. The maximum absolute atomic E-state index is 12.3. The van der Waals surface area contributed by atoms with E-state index in [4.69, 9.17) is 9.84 Å². The Morgan fingerprint density at radius 3 is 2.95 bits per heavy atom. The molecule has 2 aliphatic rings. The molecule has 1 atom stereocenters. The zero-order valence-corrected chi connectivity index (χ0v) is 11.0. The molecule has 2 heterocycles. The van der Waals surface area contributed by atoms with E-state index >= 15 is 0 Å². The molecule has 2 amide bonds. The number of nitrogens with zero attached hydrogens (tertiary/aromatic N) is 1. The standard InChI is InChI=1S/C14H16N2O4/c17-13(18)10-2-1-9-3-5-16(12(9)7-10)14(19)15-11-4-6-20-8-11/h1-2,7,11H,3-6,8H2,(H,15,19)(H,17,18). The van der Waals surface area contributed by atoms with E-state index in [1.807, 2.05) is 0 Å². The van der Waals surface area contributed by atoms with Crippen molar-refractivity contribution in [1.82, 2.24) is 5.32 Å². The number of nitrogens with one attached hydrogen (secondary N) is 1. The molecule has 3 rings (SSSR count). The van der Waals surface area contributed by atoms with Crippen LogP contribution in [0.4, 0.5) is 10.5 Å². The molecule has 0 saturated carbocycles. The third-order valence-electron chi connectivity index (χ3n) is 3.73. The van der Waals surface area contributed by atoms with Crippen LogP contribution < -0.4 is 10.2 Å². The molecule has 0 bridgehead atoms. The van der Waals surface area contributed by atoms with Crippen LogP contribution in [-0.4, -0.2) is 42.9 Å². The molecule has 1 saturated heterocycles. The van der Waals surface area contributed by atoms with Gasteiger partial charge in [-0.15, -0.1) is 0 Å². The molecule has 1 aromatic rings. The van der Waals surface area contributed by atoms with E-state index in [-0.39, 0.29) is 17.6 Å². The lowest BCUT2D eigenvalue weighted by Crippen LogP contribution is -2.44. The lowest BCUT2D eigenvalue weighted by atomic mass is 10.1. The maximum Gasteiger partial charge on any atom is 0.335 e. The Bertz CT molecular complexity index is 552. The highest BCUT2D eigenvalue weighted by atomic mass is 16.5. The van der Waals surface area contributed by atoms with E-state index in [1.165, 1.54) is 0 Å². The molecule has 1 fully saturated rings. The summed E-state index contributed by atoms with van der Waals surface area (Å²) >= 11 is 0. The highest BCUT2D eigenvalue weighted by molar-refractivity contribution is 5.97. The van der Waals surface area contributed by atoms with Crippen LogP contribution in [0, 0.1) is 0 Å². The molecule has 0 spiro atoms. The first-order chi connectivity index (χ1) is 9.65. The summed E-state index contributed by atoms with van der Waals surface area (Å²) in [6, 6.07) is 4.80. The maximum atomic E-state index is 12.3. The van der Waals surface area contributed by atoms with Crippen molar-refractivity contribution in [2.75, 3.05) is 24.7 Å². The van der Waals surface area contributed by atoms with Crippen molar-refractivity contribution in [2.45, 2.75) is 18.9 Å². The summed E-state index contributed by atoms with van der Waals surface area (Å²) in [5.74, 6) is -0.982. The Kier molecular flexibility index (Phi) is 3.31. The molecular formula is C14H16N2O4. The van der Waals surface area contributed by atoms with Crippen LogP contribution in [-0.2, 0) is 11.2 Å².